The Morgan fingerprint density at radius 3 is 2.50 bits per heavy atom. The van der Waals surface area contributed by atoms with E-state index in [4.69, 9.17) is 5.73 Å². The molecule has 0 atom stereocenters. The van der Waals surface area contributed by atoms with Crippen LogP contribution in [-0.2, 0) is 5.41 Å². The van der Waals surface area contributed by atoms with Gasteiger partial charge in [0.15, 0.2) is 0 Å². The molecule has 1 saturated carbocycles. The second-order valence-corrected chi connectivity index (χ2v) is 5.26. The average molecular weight is 254 g/mol. The molecule has 0 unspecified atom stereocenters. The molecule has 1 nitrogen and oxygen atoms in total. The van der Waals surface area contributed by atoms with E-state index in [0.29, 0.717) is 5.41 Å². The summed E-state index contributed by atoms with van der Waals surface area (Å²) in [4.78, 5) is 0. The van der Waals surface area contributed by atoms with Crippen LogP contribution < -0.4 is 5.73 Å². The van der Waals surface area contributed by atoms with Crippen LogP contribution in [0.25, 0.3) is 0 Å². The van der Waals surface area contributed by atoms with Gasteiger partial charge in [-0.05, 0) is 49.4 Å². The number of halogens is 1. The average Bonchev–Trinajstić information content (AvgIpc) is 2.92. The SMILES string of the molecule is Cc1cc(Br)c(C)c(C2(CN)CC2)c1. The van der Waals surface area contributed by atoms with Crippen molar-refractivity contribution in [3.8, 4) is 0 Å². The first-order chi connectivity index (χ1) is 6.59. The maximum atomic E-state index is 5.85. The molecule has 0 saturated heterocycles. The van der Waals surface area contributed by atoms with Crippen LogP contribution in [0.1, 0.15) is 29.5 Å². The highest BCUT2D eigenvalue weighted by Gasteiger charge is 2.43. The summed E-state index contributed by atoms with van der Waals surface area (Å²) in [5, 5.41) is 0. The van der Waals surface area contributed by atoms with Gasteiger partial charge in [0.05, 0.1) is 0 Å². The second-order valence-electron chi connectivity index (χ2n) is 4.40. The van der Waals surface area contributed by atoms with E-state index in [1.54, 1.807) is 0 Å². The minimum Gasteiger partial charge on any atom is -0.330 e. The van der Waals surface area contributed by atoms with Gasteiger partial charge >= 0.3 is 0 Å². The highest BCUT2D eigenvalue weighted by molar-refractivity contribution is 9.10. The van der Waals surface area contributed by atoms with E-state index in [-0.39, 0.29) is 0 Å². The molecule has 2 heteroatoms. The van der Waals surface area contributed by atoms with E-state index in [0.717, 1.165) is 6.54 Å². The number of nitrogens with two attached hydrogens (primary N) is 1. The van der Waals surface area contributed by atoms with E-state index in [2.05, 4.69) is 41.9 Å². The number of hydrogen-bond acceptors (Lipinski definition) is 1. The van der Waals surface area contributed by atoms with Gasteiger partial charge < -0.3 is 5.73 Å². The second kappa shape index (κ2) is 3.35. The Labute approximate surface area is 93.8 Å². The van der Waals surface area contributed by atoms with Crippen LogP contribution in [0.15, 0.2) is 16.6 Å². The van der Waals surface area contributed by atoms with Gasteiger partial charge in [-0.2, -0.15) is 0 Å². The quantitative estimate of drug-likeness (QED) is 0.862. The first-order valence-corrected chi connectivity index (χ1v) is 5.86. The molecule has 76 valence electrons. The Morgan fingerprint density at radius 1 is 1.36 bits per heavy atom. The van der Waals surface area contributed by atoms with E-state index >= 15 is 0 Å². The molecule has 14 heavy (non-hydrogen) atoms. The van der Waals surface area contributed by atoms with E-state index in [1.807, 2.05) is 0 Å². The van der Waals surface area contributed by atoms with Crippen LogP contribution in [0.4, 0.5) is 0 Å². The zero-order valence-electron chi connectivity index (χ0n) is 8.73. The molecule has 0 radical (unpaired) electrons. The van der Waals surface area contributed by atoms with Gasteiger partial charge in [0.1, 0.15) is 0 Å². The Morgan fingerprint density at radius 2 is 2.00 bits per heavy atom. The Balaban J connectivity index is 2.52. The fourth-order valence-corrected chi connectivity index (χ4v) is 2.67. The van der Waals surface area contributed by atoms with Gasteiger partial charge in [0, 0.05) is 16.4 Å². The van der Waals surface area contributed by atoms with Crippen LogP contribution in [0.3, 0.4) is 0 Å². The predicted molar refractivity (Wildman–Crippen MR) is 63.6 cm³/mol. The van der Waals surface area contributed by atoms with Gasteiger partial charge in [0.25, 0.3) is 0 Å². The monoisotopic (exact) mass is 253 g/mol. The van der Waals surface area contributed by atoms with Crippen molar-refractivity contribution in [2.45, 2.75) is 32.1 Å². The molecule has 0 spiro atoms. The molecule has 0 bridgehead atoms. The van der Waals surface area contributed by atoms with Crippen LogP contribution in [0.2, 0.25) is 0 Å². The van der Waals surface area contributed by atoms with Crippen LogP contribution in [0, 0.1) is 13.8 Å². The van der Waals surface area contributed by atoms with Crippen molar-refractivity contribution in [1.82, 2.24) is 0 Å². The summed E-state index contributed by atoms with van der Waals surface area (Å²) in [6.07, 6.45) is 2.50. The highest BCUT2D eigenvalue weighted by atomic mass is 79.9. The molecule has 2 rings (SSSR count). The van der Waals surface area contributed by atoms with E-state index < -0.39 is 0 Å². The van der Waals surface area contributed by atoms with Crippen LogP contribution in [0.5, 0.6) is 0 Å². The Bertz CT molecular complexity index is 367. The van der Waals surface area contributed by atoms with E-state index in [9.17, 15) is 0 Å². The maximum Gasteiger partial charge on any atom is 0.0210 e. The van der Waals surface area contributed by atoms with E-state index in [1.165, 1.54) is 34.0 Å². The van der Waals surface area contributed by atoms with Crippen molar-refractivity contribution in [2.24, 2.45) is 5.73 Å². The molecule has 1 aromatic rings. The molecule has 1 fully saturated rings. The Hall–Kier alpha value is -0.340. The molecular weight excluding hydrogens is 238 g/mol. The molecule has 1 aliphatic carbocycles. The molecule has 0 heterocycles. The fourth-order valence-electron chi connectivity index (χ4n) is 2.10. The molecule has 0 aromatic heterocycles. The van der Waals surface area contributed by atoms with Crippen molar-refractivity contribution in [2.75, 3.05) is 6.54 Å². The van der Waals surface area contributed by atoms with Crippen molar-refractivity contribution in [3.63, 3.8) is 0 Å². The zero-order valence-corrected chi connectivity index (χ0v) is 10.3. The first-order valence-electron chi connectivity index (χ1n) is 5.06. The number of rotatable bonds is 2. The van der Waals surface area contributed by atoms with Gasteiger partial charge in [-0.1, -0.05) is 22.0 Å². The molecule has 0 aliphatic heterocycles. The number of benzene rings is 1. The Kier molecular flexibility index (Phi) is 2.44. The summed E-state index contributed by atoms with van der Waals surface area (Å²) < 4.78 is 1.22. The van der Waals surface area contributed by atoms with Crippen molar-refractivity contribution in [3.05, 3.63) is 33.3 Å². The molecule has 1 aliphatic rings. The fraction of sp³-hybridized carbons (Fsp3) is 0.500. The summed E-state index contributed by atoms with van der Waals surface area (Å²) >= 11 is 3.61. The maximum absolute atomic E-state index is 5.85. The minimum atomic E-state index is 0.304. The molecule has 1 aromatic carbocycles. The standard InChI is InChI=1S/C12H16BrN/c1-8-5-10(9(2)11(13)6-8)12(7-14)3-4-12/h5-6H,3-4,7,14H2,1-2H3. The molecular formula is C12H16BrN. The first kappa shape index (κ1) is 10.2. The third-order valence-corrected chi connectivity index (χ3v) is 4.13. The number of aryl methyl sites for hydroxylation is 1. The highest BCUT2D eigenvalue weighted by Crippen LogP contribution is 2.49. The minimum absolute atomic E-state index is 0.304. The molecule has 2 N–H and O–H groups in total. The normalized spacial score (nSPS) is 18.3. The van der Waals surface area contributed by atoms with Gasteiger partial charge in [-0.15, -0.1) is 0 Å². The summed E-state index contributed by atoms with van der Waals surface area (Å²) in [5.41, 5.74) is 10.3. The topological polar surface area (TPSA) is 26.0 Å². The summed E-state index contributed by atoms with van der Waals surface area (Å²) in [6, 6.07) is 4.46. The van der Waals surface area contributed by atoms with Gasteiger partial charge in [0.2, 0.25) is 0 Å². The van der Waals surface area contributed by atoms with Crippen molar-refractivity contribution >= 4 is 15.9 Å². The number of hydrogen-bond donors (Lipinski definition) is 1. The third kappa shape index (κ3) is 1.51. The molecule has 0 amide bonds. The lowest BCUT2D eigenvalue weighted by Gasteiger charge is -2.18. The lowest BCUT2D eigenvalue weighted by Crippen LogP contribution is -2.21. The third-order valence-electron chi connectivity index (χ3n) is 3.30. The summed E-state index contributed by atoms with van der Waals surface area (Å²) in [5.74, 6) is 0. The van der Waals surface area contributed by atoms with Crippen LogP contribution >= 0.6 is 15.9 Å². The lowest BCUT2D eigenvalue weighted by molar-refractivity contribution is 0.697. The van der Waals surface area contributed by atoms with Crippen LogP contribution in [-0.4, -0.2) is 6.54 Å². The smallest absolute Gasteiger partial charge is 0.0210 e. The lowest BCUT2D eigenvalue weighted by atomic mass is 9.91. The summed E-state index contributed by atoms with van der Waals surface area (Å²) in [6.45, 7) is 5.10. The van der Waals surface area contributed by atoms with Crippen molar-refractivity contribution in [1.29, 1.82) is 0 Å². The zero-order chi connectivity index (χ0) is 10.3. The van der Waals surface area contributed by atoms with Gasteiger partial charge in [-0.25, -0.2) is 0 Å². The van der Waals surface area contributed by atoms with Gasteiger partial charge in [-0.3, -0.25) is 0 Å². The van der Waals surface area contributed by atoms with Crippen molar-refractivity contribution < 1.29 is 0 Å². The summed E-state index contributed by atoms with van der Waals surface area (Å²) in [7, 11) is 0. The predicted octanol–water partition coefficient (Wildman–Crippen LogP) is 3.06. The largest absolute Gasteiger partial charge is 0.330 e.